The monoisotopic (exact) mass is 414 g/mol. The van der Waals surface area contributed by atoms with Crippen LogP contribution in [0.15, 0.2) is 52.4 Å². The van der Waals surface area contributed by atoms with E-state index in [1.807, 2.05) is 24.3 Å². The minimum absolute atomic E-state index is 0.0101. The van der Waals surface area contributed by atoms with E-state index >= 15 is 0 Å². The molecule has 0 aromatic heterocycles. The third-order valence-electron chi connectivity index (χ3n) is 4.37. The molecule has 0 atom stereocenters. The first-order chi connectivity index (χ1) is 13.9. The quantitative estimate of drug-likeness (QED) is 0.395. The highest BCUT2D eigenvalue weighted by molar-refractivity contribution is 7.98. The molecule has 2 rings (SSSR count). The van der Waals surface area contributed by atoms with E-state index in [-0.39, 0.29) is 12.5 Å². The van der Waals surface area contributed by atoms with Gasteiger partial charge in [-0.2, -0.15) is 0 Å². The van der Waals surface area contributed by atoms with E-state index in [2.05, 4.69) is 47.0 Å². The minimum Gasteiger partial charge on any atom is -0.497 e. The maximum absolute atomic E-state index is 12.0. The molecule has 156 valence electrons. The first kappa shape index (κ1) is 22.6. The number of benzene rings is 2. The Hall–Kier alpha value is -2.67. The van der Waals surface area contributed by atoms with Crippen molar-refractivity contribution in [2.75, 3.05) is 34.0 Å². The van der Waals surface area contributed by atoms with E-state index in [1.165, 1.54) is 16.0 Å². The summed E-state index contributed by atoms with van der Waals surface area (Å²) in [5.41, 5.74) is 3.49. The largest absolute Gasteiger partial charge is 0.497 e. The van der Waals surface area contributed by atoms with Gasteiger partial charge in [-0.15, -0.1) is 11.8 Å². The van der Waals surface area contributed by atoms with Crippen molar-refractivity contribution < 1.29 is 9.53 Å². The number of aliphatic imine (C=N–C) groups is 1. The maximum atomic E-state index is 12.0. The third-order valence-corrected chi connectivity index (χ3v) is 5.19. The summed E-state index contributed by atoms with van der Waals surface area (Å²) in [4.78, 5) is 19.4. The molecule has 2 aromatic rings. The van der Waals surface area contributed by atoms with Gasteiger partial charge in [-0.3, -0.25) is 4.79 Å². The van der Waals surface area contributed by atoms with Gasteiger partial charge in [0.25, 0.3) is 0 Å². The number of nitrogens with one attached hydrogen (secondary N) is 2. The topological polar surface area (TPSA) is 66.0 Å². The Labute approximate surface area is 177 Å². The predicted octanol–water partition coefficient (Wildman–Crippen LogP) is 3.05. The second kappa shape index (κ2) is 11.4. The molecule has 29 heavy (non-hydrogen) atoms. The van der Waals surface area contributed by atoms with Crippen molar-refractivity contribution >= 4 is 23.6 Å². The van der Waals surface area contributed by atoms with Crippen LogP contribution in [0.4, 0.5) is 0 Å². The normalized spacial score (nSPS) is 11.1. The van der Waals surface area contributed by atoms with E-state index in [0.29, 0.717) is 19.0 Å². The molecule has 0 saturated heterocycles. The van der Waals surface area contributed by atoms with Crippen LogP contribution in [0.25, 0.3) is 0 Å². The summed E-state index contributed by atoms with van der Waals surface area (Å²) in [6, 6.07) is 14.2. The van der Waals surface area contributed by atoms with E-state index in [4.69, 9.17) is 4.74 Å². The number of rotatable bonds is 8. The molecule has 0 aliphatic heterocycles. The van der Waals surface area contributed by atoms with Crippen molar-refractivity contribution in [2.24, 2.45) is 4.99 Å². The van der Waals surface area contributed by atoms with Gasteiger partial charge in [0.15, 0.2) is 5.96 Å². The van der Waals surface area contributed by atoms with Gasteiger partial charge in [-0.1, -0.05) is 24.3 Å². The Morgan fingerprint density at radius 2 is 1.86 bits per heavy atom. The van der Waals surface area contributed by atoms with Crippen molar-refractivity contribution in [1.29, 1.82) is 0 Å². The van der Waals surface area contributed by atoms with Gasteiger partial charge >= 0.3 is 0 Å². The van der Waals surface area contributed by atoms with Gasteiger partial charge in [-0.25, -0.2) is 4.99 Å². The van der Waals surface area contributed by atoms with E-state index < -0.39 is 0 Å². The van der Waals surface area contributed by atoms with Crippen LogP contribution in [0.5, 0.6) is 5.75 Å². The summed E-state index contributed by atoms with van der Waals surface area (Å²) in [5, 5.41) is 6.48. The predicted molar refractivity (Wildman–Crippen MR) is 121 cm³/mol. The van der Waals surface area contributed by atoms with Crippen molar-refractivity contribution in [1.82, 2.24) is 15.5 Å². The third kappa shape index (κ3) is 7.34. The lowest BCUT2D eigenvalue weighted by Crippen LogP contribution is -2.42. The van der Waals surface area contributed by atoms with Crippen LogP contribution in [0.2, 0.25) is 0 Å². The lowest BCUT2D eigenvalue weighted by atomic mass is 10.1. The highest BCUT2D eigenvalue weighted by Gasteiger charge is 2.08. The summed E-state index contributed by atoms with van der Waals surface area (Å²) in [6.45, 7) is 3.40. The number of guanidine groups is 1. The van der Waals surface area contributed by atoms with Gasteiger partial charge in [0.1, 0.15) is 5.75 Å². The molecule has 0 saturated carbocycles. The average molecular weight is 415 g/mol. The number of ether oxygens (including phenoxy) is 1. The van der Waals surface area contributed by atoms with Crippen molar-refractivity contribution in [2.45, 2.75) is 24.9 Å². The SMILES string of the molecule is COc1ccc(CN=C(NCC(=O)N(C)C)NCc2ccc(C)cc2SC)cc1. The molecule has 1 amide bonds. The molecule has 6 nitrogen and oxygen atoms in total. The molecular weight excluding hydrogens is 384 g/mol. The number of amides is 1. The van der Waals surface area contributed by atoms with Gasteiger partial charge < -0.3 is 20.3 Å². The number of hydrogen-bond acceptors (Lipinski definition) is 4. The van der Waals surface area contributed by atoms with E-state index in [9.17, 15) is 4.79 Å². The molecule has 2 aromatic carbocycles. The number of nitrogens with zero attached hydrogens (tertiary/aromatic N) is 2. The van der Waals surface area contributed by atoms with Crippen LogP contribution in [-0.2, 0) is 17.9 Å². The van der Waals surface area contributed by atoms with Crippen molar-refractivity contribution in [3.8, 4) is 5.75 Å². The first-order valence-corrected chi connectivity index (χ1v) is 10.6. The summed E-state index contributed by atoms with van der Waals surface area (Å²) in [6.07, 6.45) is 2.07. The minimum atomic E-state index is -0.0101. The number of methoxy groups -OCH3 is 1. The standard InChI is InChI=1S/C22H30N4O2S/c1-16-6-9-18(20(12-16)29-5)14-24-22(25-15-21(27)26(2)3)23-13-17-7-10-19(28-4)11-8-17/h6-12H,13-15H2,1-5H3,(H2,23,24,25). The maximum Gasteiger partial charge on any atom is 0.241 e. The number of aryl methyl sites for hydroxylation is 1. The summed E-state index contributed by atoms with van der Waals surface area (Å²) < 4.78 is 5.20. The molecule has 0 aliphatic carbocycles. The molecule has 0 aliphatic rings. The molecule has 7 heteroatoms. The molecule has 0 fully saturated rings. The fourth-order valence-corrected chi connectivity index (χ4v) is 3.28. The molecule has 0 heterocycles. The smallest absolute Gasteiger partial charge is 0.241 e. The zero-order chi connectivity index (χ0) is 21.2. The van der Waals surface area contributed by atoms with Crippen LogP contribution in [0.1, 0.15) is 16.7 Å². The molecule has 0 radical (unpaired) electrons. The lowest BCUT2D eigenvalue weighted by Gasteiger charge is -2.16. The zero-order valence-corrected chi connectivity index (χ0v) is 18.6. The van der Waals surface area contributed by atoms with Crippen LogP contribution in [0.3, 0.4) is 0 Å². The molecule has 0 unspecified atom stereocenters. The zero-order valence-electron chi connectivity index (χ0n) is 17.8. The van der Waals surface area contributed by atoms with Crippen LogP contribution in [0, 0.1) is 6.92 Å². The Morgan fingerprint density at radius 3 is 2.48 bits per heavy atom. The Balaban J connectivity index is 2.09. The van der Waals surface area contributed by atoms with Gasteiger partial charge in [0.05, 0.1) is 20.2 Å². The lowest BCUT2D eigenvalue weighted by molar-refractivity contribution is -0.127. The van der Waals surface area contributed by atoms with Crippen molar-refractivity contribution in [3.63, 3.8) is 0 Å². The highest BCUT2D eigenvalue weighted by Crippen LogP contribution is 2.21. The highest BCUT2D eigenvalue weighted by atomic mass is 32.2. The summed E-state index contributed by atoms with van der Waals surface area (Å²) >= 11 is 1.72. The van der Waals surface area contributed by atoms with Crippen LogP contribution >= 0.6 is 11.8 Å². The van der Waals surface area contributed by atoms with Crippen LogP contribution < -0.4 is 15.4 Å². The van der Waals surface area contributed by atoms with E-state index in [1.54, 1.807) is 37.9 Å². The van der Waals surface area contributed by atoms with Crippen LogP contribution in [-0.4, -0.2) is 50.8 Å². The fraction of sp³-hybridized carbons (Fsp3) is 0.364. The Kier molecular flexibility index (Phi) is 8.86. The van der Waals surface area contributed by atoms with Crippen molar-refractivity contribution in [3.05, 3.63) is 59.2 Å². The fourth-order valence-electron chi connectivity index (χ4n) is 2.57. The first-order valence-electron chi connectivity index (χ1n) is 9.41. The second-order valence-corrected chi connectivity index (χ2v) is 7.67. The van der Waals surface area contributed by atoms with E-state index in [0.717, 1.165) is 11.3 Å². The molecule has 2 N–H and O–H groups in total. The number of thioether (sulfide) groups is 1. The number of carbonyl (C=O) groups is 1. The molecular formula is C22H30N4O2S. The molecule has 0 spiro atoms. The molecule has 0 bridgehead atoms. The number of carbonyl (C=O) groups excluding carboxylic acids is 1. The van der Waals surface area contributed by atoms with Gasteiger partial charge in [0.2, 0.25) is 5.91 Å². The Bertz CT molecular complexity index is 835. The number of hydrogen-bond donors (Lipinski definition) is 2. The van der Waals surface area contributed by atoms with Gasteiger partial charge in [0, 0.05) is 25.5 Å². The second-order valence-electron chi connectivity index (χ2n) is 6.82. The summed E-state index contributed by atoms with van der Waals surface area (Å²) in [7, 11) is 5.13. The van der Waals surface area contributed by atoms with Gasteiger partial charge in [-0.05, 0) is 48.1 Å². The summed E-state index contributed by atoms with van der Waals surface area (Å²) in [5.74, 6) is 1.41. The Morgan fingerprint density at radius 1 is 1.14 bits per heavy atom. The average Bonchev–Trinajstić information content (AvgIpc) is 2.73. The number of likely N-dealkylation sites (N-methyl/N-ethyl adjacent to an activating group) is 1.